The molecule has 0 radical (unpaired) electrons. The number of anilines is 1. The average molecular weight is 386 g/mol. The van der Waals surface area contributed by atoms with Gasteiger partial charge in [0.05, 0.1) is 23.2 Å². The standard InChI is InChI=1S/C19H22N4O3S/c1-11-8-18(23(22-11)15-6-7-27(25,26)10-15)21-19(24)14-4-5-17-16(9-14)12(2)13(3)20-17/h4-5,8-9,15,20H,6-7,10H2,1-3H3,(H,21,24). The molecular formula is C19H22N4O3S. The fourth-order valence-electron chi connectivity index (χ4n) is 3.65. The SMILES string of the molecule is Cc1cc(NC(=O)c2ccc3[nH]c(C)c(C)c3c2)n(C2CCS(=O)(=O)C2)n1. The van der Waals surface area contributed by atoms with Crippen molar-refractivity contribution in [2.75, 3.05) is 16.8 Å². The van der Waals surface area contributed by atoms with E-state index in [9.17, 15) is 13.2 Å². The maximum Gasteiger partial charge on any atom is 0.256 e. The number of nitrogens with zero attached hydrogens (tertiary/aromatic N) is 2. The first-order valence-corrected chi connectivity index (χ1v) is 10.7. The first-order valence-electron chi connectivity index (χ1n) is 8.90. The van der Waals surface area contributed by atoms with Gasteiger partial charge in [0.1, 0.15) is 5.82 Å². The summed E-state index contributed by atoms with van der Waals surface area (Å²) in [5, 5.41) is 8.32. The number of aromatic nitrogens is 3. The number of carbonyl (C=O) groups excluding carboxylic acids is 1. The quantitative estimate of drug-likeness (QED) is 0.723. The van der Waals surface area contributed by atoms with Crippen LogP contribution in [0.15, 0.2) is 24.3 Å². The fourth-order valence-corrected chi connectivity index (χ4v) is 5.34. The van der Waals surface area contributed by atoms with Crippen molar-refractivity contribution in [1.29, 1.82) is 0 Å². The number of H-pyrrole nitrogens is 1. The van der Waals surface area contributed by atoms with Gasteiger partial charge in [-0.05, 0) is 51.0 Å². The Morgan fingerprint density at radius 1 is 1.26 bits per heavy atom. The molecule has 0 aliphatic carbocycles. The number of hydrogen-bond acceptors (Lipinski definition) is 4. The molecule has 27 heavy (non-hydrogen) atoms. The van der Waals surface area contributed by atoms with E-state index < -0.39 is 9.84 Å². The molecule has 0 saturated carbocycles. The molecule has 1 aliphatic heterocycles. The summed E-state index contributed by atoms with van der Waals surface area (Å²) in [6.07, 6.45) is 0.514. The fraction of sp³-hybridized carbons (Fsp3) is 0.368. The van der Waals surface area contributed by atoms with Crippen LogP contribution in [-0.2, 0) is 9.84 Å². The molecule has 1 atom stereocenters. The number of carbonyl (C=O) groups is 1. The second-order valence-electron chi connectivity index (χ2n) is 7.26. The van der Waals surface area contributed by atoms with Gasteiger partial charge >= 0.3 is 0 Å². The summed E-state index contributed by atoms with van der Waals surface area (Å²) in [6, 6.07) is 7.08. The van der Waals surface area contributed by atoms with Crippen LogP contribution in [0.5, 0.6) is 0 Å². The predicted octanol–water partition coefficient (Wildman–Crippen LogP) is 2.90. The minimum absolute atomic E-state index is 0.0603. The van der Waals surface area contributed by atoms with Gasteiger partial charge in [-0.15, -0.1) is 0 Å². The molecule has 2 aromatic heterocycles. The van der Waals surface area contributed by atoms with Gasteiger partial charge in [0.15, 0.2) is 9.84 Å². The van der Waals surface area contributed by atoms with Gasteiger partial charge in [-0.1, -0.05) is 0 Å². The molecule has 1 aliphatic rings. The van der Waals surface area contributed by atoms with E-state index >= 15 is 0 Å². The highest BCUT2D eigenvalue weighted by Gasteiger charge is 2.31. The normalized spacial score (nSPS) is 18.9. The monoisotopic (exact) mass is 386 g/mol. The lowest BCUT2D eigenvalue weighted by atomic mass is 10.1. The third-order valence-electron chi connectivity index (χ3n) is 5.22. The third-order valence-corrected chi connectivity index (χ3v) is 6.97. The zero-order chi connectivity index (χ0) is 19.3. The molecule has 2 N–H and O–H groups in total. The van der Waals surface area contributed by atoms with E-state index in [2.05, 4.69) is 15.4 Å². The first-order chi connectivity index (χ1) is 12.7. The molecule has 1 amide bonds. The molecule has 0 spiro atoms. The van der Waals surface area contributed by atoms with Crippen molar-refractivity contribution in [2.24, 2.45) is 0 Å². The number of amides is 1. The molecule has 142 valence electrons. The molecule has 3 aromatic rings. The summed E-state index contributed by atoms with van der Waals surface area (Å²) in [7, 11) is -3.04. The van der Waals surface area contributed by atoms with Crippen LogP contribution in [0.1, 0.15) is 39.8 Å². The number of sulfone groups is 1. The summed E-state index contributed by atoms with van der Waals surface area (Å²) in [5.41, 5.74) is 4.49. The Hall–Kier alpha value is -2.61. The summed E-state index contributed by atoms with van der Waals surface area (Å²) < 4.78 is 25.2. The molecule has 1 fully saturated rings. The van der Waals surface area contributed by atoms with Gasteiger partial charge in [-0.3, -0.25) is 4.79 Å². The van der Waals surface area contributed by atoms with Crippen molar-refractivity contribution in [3.8, 4) is 0 Å². The average Bonchev–Trinajstić information content (AvgIpc) is 3.24. The molecule has 3 heterocycles. The second-order valence-corrected chi connectivity index (χ2v) is 9.49. The summed E-state index contributed by atoms with van der Waals surface area (Å²) in [6.45, 7) is 5.86. The number of rotatable bonds is 3. The Bertz CT molecular complexity index is 1160. The number of hydrogen-bond donors (Lipinski definition) is 2. The molecule has 1 aromatic carbocycles. The van der Waals surface area contributed by atoms with Gasteiger partial charge in [-0.25, -0.2) is 13.1 Å². The highest BCUT2D eigenvalue weighted by Crippen LogP contribution is 2.28. The van der Waals surface area contributed by atoms with Crippen LogP contribution in [0, 0.1) is 20.8 Å². The number of aryl methyl sites for hydroxylation is 3. The summed E-state index contributed by atoms with van der Waals surface area (Å²) in [5.74, 6) is 0.510. The molecule has 7 nitrogen and oxygen atoms in total. The highest BCUT2D eigenvalue weighted by atomic mass is 32.2. The smallest absolute Gasteiger partial charge is 0.256 e. The number of aromatic amines is 1. The van der Waals surface area contributed by atoms with Crippen molar-refractivity contribution in [2.45, 2.75) is 33.2 Å². The highest BCUT2D eigenvalue weighted by molar-refractivity contribution is 7.91. The van der Waals surface area contributed by atoms with Crippen LogP contribution in [0.3, 0.4) is 0 Å². The molecule has 4 rings (SSSR count). The van der Waals surface area contributed by atoms with Crippen molar-refractivity contribution < 1.29 is 13.2 Å². The van der Waals surface area contributed by atoms with Crippen LogP contribution >= 0.6 is 0 Å². The zero-order valence-electron chi connectivity index (χ0n) is 15.5. The predicted molar refractivity (Wildman–Crippen MR) is 105 cm³/mol. The Morgan fingerprint density at radius 2 is 2.04 bits per heavy atom. The molecule has 1 saturated heterocycles. The van der Waals surface area contributed by atoms with E-state index in [1.165, 1.54) is 0 Å². The topological polar surface area (TPSA) is 96.9 Å². The van der Waals surface area contributed by atoms with Gasteiger partial charge in [-0.2, -0.15) is 5.10 Å². The van der Waals surface area contributed by atoms with E-state index in [0.717, 1.165) is 27.9 Å². The van der Waals surface area contributed by atoms with Gasteiger partial charge in [0.25, 0.3) is 5.91 Å². The van der Waals surface area contributed by atoms with Crippen LogP contribution in [0.4, 0.5) is 5.82 Å². The largest absolute Gasteiger partial charge is 0.358 e. The van der Waals surface area contributed by atoms with E-state index in [-0.39, 0.29) is 23.5 Å². The number of nitrogens with one attached hydrogen (secondary N) is 2. The van der Waals surface area contributed by atoms with Crippen molar-refractivity contribution in [3.05, 3.63) is 46.8 Å². The van der Waals surface area contributed by atoms with Crippen LogP contribution in [0.25, 0.3) is 10.9 Å². The lowest BCUT2D eigenvalue weighted by Crippen LogP contribution is -2.19. The Labute approximate surface area is 157 Å². The van der Waals surface area contributed by atoms with Crippen molar-refractivity contribution >= 4 is 32.5 Å². The van der Waals surface area contributed by atoms with Gasteiger partial charge < -0.3 is 10.3 Å². The Morgan fingerprint density at radius 3 is 2.74 bits per heavy atom. The van der Waals surface area contributed by atoms with E-state index in [4.69, 9.17) is 0 Å². The molecule has 0 bridgehead atoms. The minimum atomic E-state index is -3.04. The van der Waals surface area contributed by atoms with E-state index in [0.29, 0.717) is 17.8 Å². The lowest BCUT2D eigenvalue weighted by Gasteiger charge is -2.14. The zero-order valence-corrected chi connectivity index (χ0v) is 16.4. The second kappa shape index (κ2) is 6.23. The lowest BCUT2D eigenvalue weighted by molar-refractivity contribution is 0.102. The minimum Gasteiger partial charge on any atom is -0.358 e. The van der Waals surface area contributed by atoms with Crippen LogP contribution in [-0.4, -0.2) is 40.6 Å². The van der Waals surface area contributed by atoms with Gasteiger partial charge in [0, 0.05) is 28.2 Å². The van der Waals surface area contributed by atoms with Crippen LogP contribution < -0.4 is 5.32 Å². The molecule has 1 unspecified atom stereocenters. The van der Waals surface area contributed by atoms with E-state index in [1.54, 1.807) is 16.8 Å². The van der Waals surface area contributed by atoms with Gasteiger partial charge in [0.2, 0.25) is 0 Å². The molecule has 8 heteroatoms. The third kappa shape index (κ3) is 3.25. The Kier molecular flexibility index (Phi) is 4.10. The number of fused-ring (bicyclic) bond motifs is 1. The maximum absolute atomic E-state index is 12.8. The van der Waals surface area contributed by atoms with Crippen molar-refractivity contribution in [1.82, 2.24) is 14.8 Å². The van der Waals surface area contributed by atoms with E-state index in [1.807, 2.05) is 32.9 Å². The van der Waals surface area contributed by atoms with Crippen LogP contribution in [0.2, 0.25) is 0 Å². The summed E-state index contributed by atoms with van der Waals surface area (Å²) in [4.78, 5) is 16.1. The number of benzene rings is 1. The van der Waals surface area contributed by atoms with Crippen molar-refractivity contribution in [3.63, 3.8) is 0 Å². The summed E-state index contributed by atoms with van der Waals surface area (Å²) >= 11 is 0. The molecular weight excluding hydrogens is 364 g/mol. The maximum atomic E-state index is 12.8. The Balaban J connectivity index is 1.63. The first kappa shape index (κ1) is 17.8.